The Kier molecular flexibility index (Phi) is 12.7. The smallest absolute Gasteiger partial charge is 0.263 e. The van der Waals surface area contributed by atoms with Gasteiger partial charge < -0.3 is 0 Å². The SMILES string of the molecule is O=S(=O)(O)OCl.[Fe].[Fe]. The zero-order chi connectivity index (χ0) is 5.21. The van der Waals surface area contributed by atoms with Gasteiger partial charge in [-0.15, -0.1) is 3.74 Å². The molecule has 0 atom stereocenters. The Bertz CT molecular complexity index is 116. The Morgan fingerprint density at radius 2 is 1.50 bits per heavy atom. The molecule has 0 aliphatic carbocycles. The molecule has 1 N–H and O–H groups in total. The minimum absolute atomic E-state index is 0. The fourth-order valence-corrected chi connectivity index (χ4v) is 0. The van der Waals surface area contributed by atoms with E-state index in [2.05, 4.69) is 15.6 Å². The van der Waals surface area contributed by atoms with Gasteiger partial charge in [0.05, 0.1) is 11.9 Å². The predicted octanol–water partition coefficient (Wildman–Crippen LogP) is -0.0454. The van der Waals surface area contributed by atoms with E-state index in [0.717, 1.165) is 0 Å². The van der Waals surface area contributed by atoms with Crippen molar-refractivity contribution in [2.45, 2.75) is 0 Å². The Morgan fingerprint density at radius 1 is 1.38 bits per heavy atom. The van der Waals surface area contributed by atoms with Gasteiger partial charge in [0.25, 0.3) is 0 Å². The molecule has 8 heteroatoms. The summed E-state index contributed by atoms with van der Waals surface area (Å²) < 4.78 is 28.8. The number of hydrogen-bond acceptors (Lipinski definition) is 3. The summed E-state index contributed by atoms with van der Waals surface area (Å²) in [6, 6.07) is 0. The zero-order valence-electron chi connectivity index (χ0n) is 3.17. The molecule has 0 heterocycles. The van der Waals surface area contributed by atoms with E-state index in [1.54, 1.807) is 0 Å². The first-order chi connectivity index (χ1) is 2.56. The van der Waals surface area contributed by atoms with Crippen LogP contribution in [0.1, 0.15) is 0 Å². The van der Waals surface area contributed by atoms with Crippen LogP contribution in [-0.2, 0) is 48.3 Å². The van der Waals surface area contributed by atoms with E-state index >= 15 is 0 Å². The molecule has 0 aliphatic rings. The first kappa shape index (κ1) is 16.1. The van der Waals surface area contributed by atoms with Crippen LogP contribution in [0.15, 0.2) is 0 Å². The van der Waals surface area contributed by atoms with Gasteiger partial charge >= 0.3 is 10.4 Å². The van der Waals surface area contributed by atoms with E-state index in [0.29, 0.717) is 0 Å². The van der Waals surface area contributed by atoms with E-state index in [1.165, 1.54) is 0 Å². The summed E-state index contributed by atoms with van der Waals surface area (Å²) in [5, 5.41) is 0. The fourth-order valence-electron chi connectivity index (χ4n) is 0. The third kappa shape index (κ3) is 15.7. The monoisotopic (exact) mass is 244 g/mol. The van der Waals surface area contributed by atoms with Crippen LogP contribution < -0.4 is 0 Å². The van der Waals surface area contributed by atoms with Crippen molar-refractivity contribution < 1.29 is 50.8 Å². The van der Waals surface area contributed by atoms with Crippen LogP contribution in [0, 0.1) is 0 Å². The van der Waals surface area contributed by atoms with E-state index in [1.807, 2.05) is 0 Å². The van der Waals surface area contributed by atoms with Crippen LogP contribution >= 0.6 is 11.9 Å². The van der Waals surface area contributed by atoms with E-state index in [4.69, 9.17) is 4.55 Å². The largest absolute Gasteiger partial charge is 0.413 e. The molecular weight excluding hydrogens is 243 g/mol. The molecule has 8 heavy (non-hydrogen) atoms. The van der Waals surface area contributed by atoms with Crippen molar-refractivity contribution in [1.29, 1.82) is 0 Å². The molecule has 0 aliphatic heterocycles. The van der Waals surface area contributed by atoms with Crippen LogP contribution in [0.4, 0.5) is 0 Å². The zero-order valence-corrected chi connectivity index (χ0v) is 6.95. The van der Waals surface area contributed by atoms with Gasteiger partial charge in [-0.2, -0.15) is 8.42 Å². The average Bonchev–Trinajstić information content (AvgIpc) is 1.35. The van der Waals surface area contributed by atoms with Crippen molar-refractivity contribution in [3.05, 3.63) is 0 Å². The van der Waals surface area contributed by atoms with E-state index in [-0.39, 0.29) is 34.1 Å². The van der Waals surface area contributed by atoms with Crippen molar-refractivity contribution in [3.8, 4) is 0 Å². The maximum Gasteiger partial charge on any atom is 0.413 e. The molecule has 0 aromatic rings. The van der Waals surface area contributed by atoms with E-state index < -0.39 is 10.4 Å². The molecule has 0 fully saturated rings. The summed E-state index contributed by atoms with van der Waals surface area (Å²) in [6.45, 7) is 0. The summed E-state index contributed by atoms with van der Waals surface area (Å²) >= 11 is 4.14. The molecule has 0 radical (unpaired) electrons. The molecule has 54 valence electrons. The summed E-state index contributed by atoms with van der Waals surface area (Å²) in [6.07, 6.45) is 0. The van der Waals surface area contributed by atoms with Gasteiger partial charge in [0.2, 0.25) is 0 Å². The van der Waals surface area contributed by atoms with Crippen molar-refractivity contribution in [1.82, 2.24) is 0 Å². The molecule has 4 nitrogen and oxygen atoms in total. The Balaban J connectivity index is -0.000000125. The molecule has 0 saturated carbocycles. The van der Waals surface area contributed by atoms with E-state index in [9.17, 15) is 8.42 Å². The molecule has 0 saturated heterocycles. The van der Waals surface area contributed by atoms with Crippen LogP contribution in [0.25, 0.3) is 0 Å². The maximum atomic E-state index is 9.20. The molecule has 0 rings (SSSR count). The second-order valence-electron chi connectivity index (χ2n) is 0.491. The van der Waals surface area contributed by atoms with Crippen molar-refractivity contribution >= 4 is 22.3 Å². The van der Waals surface area contributed by atoms with Crippen molar-refractivity contribution in [2.24, 2.45) is 0 Å². The molecule has 0 aromatic heterocycles. The minimum atomic E-state index is -4.40. The van der Waals surface area contributed by atoms with Crippen molar-refractivity contribution in [3.63, 3.8) is 0 Å². The molecule has 0 aromatic carbocycles. The second-order valence-corrected chi connectivity index (χ2v) is 1.85. The van der Waals surface area contributed by atoms with Gasteiger partial charge in [0.15, 0.2) is 0 Å². The molecule has 0 bridgehead atoms. The van der Waals surface area contributed by atoms with Crippen LogP contribution in [0.3, 0.4) is 0 Å². The number of rotatable bonds is 1. The quantitative estimate of drug-likeness (QED) is 0.519. The topological polar surface area (TPSA) is 63.6 Å². The first-order valence-electron chi connectivity index (χ1n) is 0.837. The Hall–Kier alpha value is 1.20. The summed E-state index contributed by atoms with van der Waals surface area (Å²) in [5.41, 5.74) is 0. The minimum Gasteiger partial charge on any atom is -0.263 e. The van der Waals surface area contributed by atoms with Gasteiger partial charge in [-0.3, -0.25) is 4.55 Å². The molecule has 0 spiro atoms. The number of hydrogen-bond donors (Lipinski definition) is 1. The predicted molar refractivity (Wildman–Crippen MR) is 18.5 cm³/mol. The Morgan fingerprint density at radius 3 is 1.50 bits per heavy atom. The number of halogens is 1. The normalized spacial score (nSPS) is 8.75. The first-order valence-corrected chi connectivity index (χ1v) is 2.51. The van der Waals surface area contributed by atoms with Gasteiger partial charge in [-0.1, -0.05) is 0 Å². The maximum absolute atomic E-state index is 9.20. The second kappa shape index (κ2) is 6.32. The van der Waals surface area contributed by atoms with Crippen LogP contribution in [-0.4, -0.2) is 13.0 Å². The standard InChI is InChI=1S/ClHO4S.2Fe/c1-5-6(2,3)4;;/h(H,2,3,4);;. The van der Waals surface area contributed by atoms with Crippen LogP contribution in [0.2, 0.25) is 0 Å². The van der Waals surface area contributed by atoms with Crippen LogP contribution in [0.5, 0.6) is 0 Å². The fraction of sp³-hybridized carbons (Fsp3) is 0. The summed E-state index contributed by atoms with van der Waals surface area (Å²) in [5.74, 6) is 0. The molecular formula is HClFe2O4S. The third-order valence-corrected chi connectivity index (χ3v) is 0.716. The molecule has 0 amide bonds. The third-order valence-electron chi connectivity index (χ3n) is 0.0796. The Labute approximate surface area is 73.0 Å². The van der Waals surface area contributed by atoms with Crippen molar-refractivity contribution in [2.75, 3.05) is 0 Å². The van der Waals surface area contributed by atoms with Gasteiger partial charge in [0.1, 0.15) is 0 Å². The van der Waals surface area contributed by atoms with Gasteiger partial charge in [0, 0.05) is 34.1 Å². The average molecular weight is 244 g/mol. The van der Waals surface area contributed by atoms with Gasteiger partial charge in [-0.25, -0.2) is 0 Å². The summed E-state index contributed by atoms with van der Waals surface area (Å²) in [7, 11) is -4.40. The van der Waals surface area contributed by atoms with Gasteiger partial charge in [-0.05, 0) is 0 Å². The summed E-state index contributed by atoms with van der Waals surface area (Å²) in [4.78, 5) is 0. The molecule has 0 unspecified atom stereocenters.